The van der Waals surface area contributed by atoms with Gasteiger partial charge >= 0.3 is 5.69 Å². The second-order valence-corrected chi connectivity index (χ2v) is 6.95. The van der Waals surface area contributed by atoms with E-state index in [1.54, 1.807) is 44.0 Å². The molecule has 31 heavy (non-hydrogen) atoms. The number of anilines is 1. The summed E-state index contributed by atoms with van der Waals surface area (Å²) in [6.07, 6.45) is 0. The van der Waals surface area contributed by atoms with E-state index in [0.29, 0.717) is 30.6 Å². The average Bonchev–Trinajstić information content (AvgIpc) is 3.15. The van der Waals surface area contributed by atoms with Gasteiger partial charge in [0, 0.05) is 27.7 Å². The van der Waals surface area contributed by atoms with E-state index >= 15 is 0 Å². The molecule has 0 fully saturated rings. The Kier molecular flexibility index (Phi) is 6.66. The Labute approximate surface area is 178 Å². The fourth-order valence-electron chi connectivity index (χ4n) is 3.42. The Morgan fingerprint density at radius 1 is 1.10 bits per heavy atom. The minimum absolute atomic E-state index is 0.246. The number of aliphatic hydroxyl groups excluding tert-OH is 1. The third kappa shape index (κ3) is 4.01. The standard InChI is InChI=1S/C20H27N5O6/c1-23-17-16(18(27)24(2)20(23)28)25(8-9-29-3)19(22-17)21-13(11-26)12-6-7-14(30-4)15(10-12)31-5/h6-7,10,13,26H,8-9,11H2,1-5H3,(H,21,22). The number of nitrogens with zero attached hydrogens (tertiary/aromatic N) is 4. The Hall–Kier alpha value is -3.31. The van der Waals surface area contributed by atoms with Gasteiger partial charge in [0.05, 0.1) is 33.5 Å². The molecule has 0 aliphatic heterocycles. The molecule has 2 heterocycles. The van der Waals surface area contributed by atoms with Gasteiger partial charge in [-0.15, -0.1) is 0 Å². The number of ether oxygens (including phenoxy) is 3. The molecule has 2 aromatic heterocycles. The molecule has 2 N–H and O–H groups in total. The van der Waals surface area contributed by atoms with E-state index in [-0.39, 0.29) is 17.8 Å². The van der Waals surface area contributed by atoms with Crippen LogP contribution in [0.3, 0.4) is 0 Å². The molecule has 0 bridgehead atoms. The molecule has 0 saturated heterocycles. The van der Waals surface area contributed by atoms with Crippen LogP contribution < -0.4 is 26.0 Å². The van der Waals surface area contributed by atoms with Gasteiger partial charge in [-0.25, -0.2) is 4.79 Å². The summed E-state index contributed by atoms with van der Waals surface area (Å²) in [6.45, 7) is 0.402. The normalized spacial score (nSPS) is 12.2. The molecule has 0 radical (unpaired) electrons. The molecule has 1 aromatic carbocycles. The molecular formula is C20H27N5O6. The molecule has 1 atom stereocenters. The number of benzene rings is 1. The SMILES string of the molecule is COCCn1c(NC(CO)c2ccc(OC)c(OC)c2)nc2c1c(=O)n(C)c(=O)n2C. The first-order valence-electron chi connectivity index (χ1n) is 9.62. The van der Waals surface area contributed by atoms with Gasteiger partial charge < -0.3 is 29.2 Å². The number of aliphatic hydroxyl groups is 1. The first-order chi connectivity index (χ1) is 14.9. The number of hydrogen-bond acceptors (Lipinski definition) is 8. The van der Waals surface area contributed by atoms with Gasteiger partial charge in [0.25, 0.3) is 5.56 Å². The third-order valence-corrected chi connectivity index (χ3v) is 5.16. The van der Waals surface area contributed by atoms with Gasteiger partial charge in [-0.05, 0) is 17.7 Å². The highest BCUT2D eigenvalue weighted by Crippen LogP contribution is 2.31. The lowest BCUT2D eigenvalue weighted by molar-refractivity contribution is 0.188. The summed E-state index contributed by atoms with van der Waals surface area (Å²) in [5, 5.41) is 13.2. The lowest BCUT2D eigenvalue weighted by Gasteiger charge is -2.20. The van der Waals surface area contributed by atoms with E-state index in [1.807, 2.05) is 0 Å². The molecule has 0 saturated carbocycles. The second-order valence-electron chi connectivity index (χ2n) is 6.95. The van der Waals surface area contributed by atoms with Crippen molar-refractivity contribution in [2.75, 3.05) is 39.9 Å². The molecule has 168 valence electrons. The Bertz CT molecular complexity index is 1200. The molecule has 0 amide bonds. The Balaban J connectivity index is 2.13. The number of hydrogen-bond donors (Lipinski definition) is 2. The van der Waals surface area contributed by atoms with Gasteiger partial charge in [0.2, 0.25) is 5.95 Å². The summed E-state index contributed by atoms with van der Waals surface area (Å²) >= 11 is 0. The van der Waals surface area contributed by atoms with Gasteiger partial charge in [0.15, 0.2) is 22.7 Å². The predicted molar refractivity (Wildman–Crippen MR) is 115 cm³/mol. The van der Waals surface area contributed by atoms with E-state index in [1.165, 1.54) is 18.7 Å². The van der Waals surface area contributed by atoms with E-state index in [2.05, 4.69) is 10.3 Å². The van der Waals surface area contributed by atoms with Crippen LogP contribution in [0.5, 0.6) is 11.5 Å². The minimum Gasteiger partial charge on any atom is -0.493 e. The maximum Gasteiger partial charge on any atom is 0.332 e. The van der Waals surface area contributed by atoms with Crippen LogP contribution in [0.15, 0.2) is 27.8 Å². The molecular weight excluding hydrogens is 406 g/mol. The number of aryl methyl sites for hydroxylation is 1. The number of fused-ring (bicyclic) bond motifs is 1. The summed E-state index contributed by atoms with van der Waals surface area (Å²) in [6, 6.07) is 4.74. The molecule has 0 aliphatic rings. The number of imidazole rings is 1. The highest BCUT2D eigenvalue weighted by atomic mass is 16.5. The summed E-state index contributed by atoms with van der Waals surface area (Å²) < 4.78 is 19.8. The first kappa shape index (κ1) is 22.4. The zero-order valence-corrected chi connectivity index (χ0v) is 18.2. The lowest BCUT2D eigenvalue weighted by atomic mass is 10.1. The fourth-order valence-corrected chi connectivity index (χ4v) is 3.42. The maximum absolute atomic E-state index is 12.8. The lowest BCUT2D eigenvalue weighted by Crippen LogP contribution is -2.37. The molecule has 11 nitrogen and oxygen atoms in total. The van der Waals surface area contributed by atoms with Crippen LogP contribution in [0.2, 0.25) is 0 Å². The number of rotatable bonds is 9. The number of nitrogens with one attached hydrogen (secondary N) is 1. The van der Waals surface area contributed by atoms with Crippen LogP contribution in [-0.2, 0) is 25.4 Å². The zero-order chi connectivity index (χ0) is 22.7. The molecule has 3 rings (SSSR count). The van der Waals surface area contributed by atoms with Crippen LogP contribution in [0.25, 0.3) is 11.2 Å². The van der Waals surface area contributed by atoms with Crippen LogP contribution in [-0.4, -0.2) is 58.3 Å². The molecule has 0 spiro atoms. The van der Waals surface area contributed by atoms with E-state index in [9.17, 15) is 14.7 Å². The van der Waals surface area contributed by atoms with Gasteiger partial charge in [-0.2, -0.15) is 4.98 Å². The number of aromatic nitrogens is 4. The minimum atomic E-state index is -0.557. The second kappa shape index (κ2) is 9.23. The van der Waals surface area contributed by atoms with Crippen molar-refractivity contribution in [2.45, 2.75) is 12.6 Å². The number of methoxy groups -OCH3 is 3. The summed E-state index contributed by atoms with van der Waals surface area (Å²) in [5.74, 6) is 1.41. The van der Waals surface area contributed by atoms with Crippen molar-refractivity contribution in [3.8, 4) is 11.5 Å². The van der Waals surface area contributed by atoms with E-state index in [4.69, 9.17) is 14.2 Å². The fraction of sp³-hybridized carbons (Fsp3) is 0.450. The average molecular weight is 433 g/mol. The highest BCUT2D eigenvalue weighted by molar-refractivity contribution is 5.74. The van der Waals surface area contributed by atoms with Crippen molar-refractivity contribution in [3.05, 3.63) is 44.6 Å². The molecule has 3 aromatic rings. The predicted octanol–water partition coefficient (Wildman–Crippen LogP) is 0.243. The van der Waals surface area contributed by atoms with Crippen molar-refractivity contribution in [1.29, 1.82) is 0 Å². The van der Waals surface area contributed by atoms with Crippen molar-refractivity contribution in [1.82, 2.24) is 18.7 Å². The highest BCUT2D eigenvalue weighted by Gasteiger charge is 2.22. The van der Waals surface area contributed by atoms with Gasteiger partial charge in [-0.1, -0.05) is 6.07 Å². The van der Waals surface area contributed by atoms with Gasteiger partial charge in [0.1, 0.15) is 0 Å². The van der Waals surface area contributed by atoms with E-state index in [0.717, 1.165) is 10.1 Å². The summed E-state index contributed by atoms with van der Waals surface area (Å²) in [4.78, 5) is 29.6. The van der Waals surface area contributed by atoms with Gasteiger partial charge in [-0.3, -0.25) is 13.9 Å². The van der Waals surface area contributed by atoms with Crippen molar-refractivity contribution >= 4 is 17.1 Å². The van der Waals surface area contributed by atoms with Crippen LogP contribution >= 0.6 is 0 Å². The quantitative estimate of drug-likeness (QED) is 0.492. The van der Waals surface area contributed by atoms with Crippen molar-refractivity contribution < 1.29 is 19.3 Å². The summed E-state index contributed by atoms with van der Waals surface area (Å²) in [5.41, 5.74) is 0.316. The van der Waals surface area contributed by atoms with Crippen LogP contribution in [0.1, 0.15) is 11.6 Å². The van der Waals surface area contributed by atoms with E-state index < -0.39 is 17.3 Å². The molecule has 0 aliphatic carbocycles. The smallest absolute Gasteiger partial charge is 0.332 e. The Morgan fingerprint density at radius 3 is 2.42 bits per heavy atom. The van der Waals surface area contributed by atoms with Crippen LogP contribution in [0, 0.1) is 0 Å². The van der Waals surface area contributed by atoms with Crippen molar-refractivity contribution in [2.24, 2.45) is 14.1 Å². The molecule has 11 heteroatoms. The topological polar surface area (TPSA) is 122 Å². The maximum atomic E-state index is 12.8. The van der Waals surface area contributed by atoms with Crippen LogP contribution in [0.4, 0.5) is 5.95 Å². The monoisotopic (exact) mass is 433 g/mol. The molecule has 1 unspecified atom stereocenters. The first-order valence-corrected chi connectivity index (χ1v) is 9.62. The largest absolute Gasteiger partial charge is 0.493 e. The summed E-state index contributed by atoms with van der Waals surface area (Å²) in [7, 11) is 7.61. The Morgan fingerprint density at radius 2 is 1.81 bits per heavy atom. The zero-order valence-electron chi connectivity index (χ0n) is 18.2. The third-order valence-electron chi connectivity index (χ3n) is 5.16. The van der Waals surface area contributed by atoms with Crippen molar-refractivity contribution in [3.63, 3.8) is 0 Å².